The molecule has 3 aromatic rings. The first-order chi connectivity index (χ1) is 11.6. The number of oxazole rings is 1. The van der Waals surface area contributed by atoms with Gasteiger partial charge in [0, 0.05) is 18.5 Å². The number of hydrogen-bond donors (Lipinski definition) is 1. The molecule has 1 amide bonds. The van der Waals surface area contributed by atoms with Crippen LogP contribution in [0.4, 0.5) is 15.1 Å². The van der Waals surface area contributed by atoms with Crippen molar-refractivity contribution in [3.8, 4) is 17.2 Å². The maximum atomic E-state index is 12.4. The molecule has 0 aliphatic heterocycles. The van der Waals surface area contributed by atoms with Gasteiger partial charge in [0.1, 0.15) is 17.9 Å². The number of halogens is 1. The number of nitrogens with zero attached hydrogens (tertiary/aromatic N) is 4. The molecule has 0 atom stereocenters. The first-order valence-electron chi connectivity index (χ1n) is 6.96. The van der Waals surface area contributed by atoms with E-state index in [4.69, 9.17) is 14.3 Å². The van der Waals surface area contributed by atoms with Gasteiger partial charge in [-0.1, -0.05) is 0 Å². The standard InChI is InChI=1S/C15H13FN4O4/c1-23-10-2-3-11-12(6-10)24-13(19-11)9-7-17-14(18-8-9)20(5-4-16)15(21)22/h2-3,6-8H,4-5H2,1H3,(H,21,22). The molecule has 2 aromatic heterocycles. The van der Waals surface area contributed by atoms with E-state index in [-0.39, 0.29) is 18.4 Å². The minimum atomic E-state index is -1.32. The first-order valence-corrected chi connectivity index (χ1v) is 6.96. The zero-order chi connectivity index (χ0) is 17.1. The summed E-state index contributed by atoms with van der Waals surface area (Å²) in [6.45, 7) is -1.16. The van der Waals surface area contributed by atoms with Crippen molar-refractivity contribution in [2.24, 2.45) is 0 Å². The van der Waals surface area contributed by atoms with Crippen LogP contribution in [-0.4, -0.2) is 46.5 Å². The maximum Gasteiger partial charge on any atom is 0.414 e. The molecule has 3 rings (SSSR count). The van der Waals surface area contributed by atoms with Crippen LogP contribution in [0.25, 0.3) is 22.6 Å². The summed E-state index contributed by atoms with van der Waals surface area (Å²) >= 11 is 0. The van der Waals surface area contributed by atoms with Crippen LogP contribution >= 0.6 is 0 Å². The number of aromatic nitrogens is 3. The van der Waals surface area contributed by atoms with Gasteiger partial charge in [0.05, 0.1) is 19.2 Å². The minimum absolute atomic E-state index is 0.110. The second-order valence-corrected chi connectivity index (χ2v) is 4.75. The summed E-state index contributed by atoms with van der Waals surface area (Å²) < 4.78 is 23.2. The fourth-order valence-corrected chi connectivity index (χ4v) is 2.09. The van der Waals surface area contributed by atoms with Crippen LogP contribution in [0.15, 0.2) is 35.0 Å². The monoisotopic (exact) mass is 332 g/mol. The molecule has 24 heavy (non-hydrogen) atoms. The Bertz CT molecular complexity index is 866. The van der Waals surface area contributed by atoms with Gasteiger partial charge in [0.2, 0.25) is 11.8 Å². The van der Waals surface area contributed by atoms with E-state index in [0.717, 1.165) is 4.90 Å². The molecule has 0 aliphatic rings. The number of alkyl halides is 1. The number of benzene rings is 1. The SMILES string of the molecule is COc1ccc2nc(-c3cnc(N(CCF)C(=O)O)nc3)oc2c1. The molecule has 0 saturated carbocycles. The highest BCUT2D eigenvalue weighted by Crippen LogP contribution is 2.26. The Balaban J connectivity index is 1.91. The van der Waals surface area contributed by atoms with E-state index < -0.39 is 12.8 Å². The van der Waals surface area contributed by atoms with Crippen LogP contribution < -0.4 is 9.64 Å². The molecular weight excluding hydrogens is 319 g/mol. The van der Waals surface area contributed by atoms with Crippen LogP contribution in [0.5, 0.6) is 5.75 Å². The number of ether oxygens (including phenoxy) is 1. The fourth-order valence-electron chi connectivity index (χ4n) is 2.09. The molecule has 2 heterocycles. The molecule has 0 bridgehead atoms. The van der Waals surface area contributed by atoms with Crippen molar-refractivity contribution in [1.29, 1.82) is 0 Å². The molecule has 0 spiro atoms. The summed E-state index contributed by atoms with van der Waals surface area (Å²) in [6, 6.07) is 5.22. The second-order valence-electron chi connectivity index (χ2n) is 4.75. The van der Waals surface area contributed by atoms with E-state index in [1.165, 1.54) is 12.4 Å². The second kappa shape index (κ2) is 6.49. The van der Waals surface area contributed by atoms with Crippen molar-refractivity contribution in [2.45, 2.75) is 0 Å². The van der Waals surface area contributed by atoms with E-state index in [2.05, 4.69) is 15.0 Å². The largest absolute Gasteiger partial charge is 0.497 e. The van der Waals surface area contributed by atoms with Crippen LogP contribution in [0.2, 0.25) is 0 Å². The zero-order valence-corrected chi connectivity index (χ0v) is 12.6. The highest BCUT2D eigenvalue weighted by Gasteiger charge is 2.17. The first kappa shape index (κ1) is 15.7. The van der Waals surface area contributed by atoms with Crippen LogP contribution in [0, 0.1) is 0 Å². The van der Waals surface area contributed by atoms with Crippen LogP contribution in [-0.2, 0) is 0 Å². The van der Waals surface area contributed by atoms with Crippen molar-refractivity contribution in [2.75, 3.05) is 25.2 Å². The number of rotatable bonds is 5. The Morgan fingerprint density at radius 3 is 2.75 bits per heavy atom. The minimum Gasteiger partial charge on any atom is -0.497 e. The number of methoxy groups -OCH3 is 1. The van der Waals surface area contributed by atoms with Crippen molar-refractivity contribution < 1.29 is 23.4 Å². The Labute approximate surface area is 135 Å². The van der Waals surface area contributed by atoms with E-state index in [1.807, 2.05) is 0 Å². The quantitative estimate of drug-likeness (QED) is 0.766. The number of carboxylic acid groups (broad SMARTS) is 1. The Morgan fingerprint density at radius 2 is 2.12 bits per heavy atom. The predicted octanol–water partition coefficient (Wildman–Crippen LogP) is 2.75. The molecule has 124 valence electrons. The average molecular weight is 332 g/mol. The Kier molecular flexibility index (Phi) is 4.23. The van der Waals surface area contributed by atoms with Gasteiger partial charge < -0.3 is 14.3 Å². The number of carbonyl (C=O) groups is 1. The topological polar surface area (TPSA) is 102 Å². The summed E-state index contributed by atoms with van der Waals surface area (Å²) in [7, 11) is 1.55. The molecule has 0 unspecified atom stereocenters. The van der Waals surface area contributed by atoms with Gasteiger partial charge >= 0.3 is 6.09 Å². The van der Waals surface area contributed by atoms with E-state index in [1.54, 1.807) is 25.3 Å². The third-order valence-corrected chi connectivity index (χ3v) is 3.26. The van der Waals surface area contributed by atoms with Gasteiger partial charge in [0.25, 0.3) is 0 Å². The van der Waals surface area contributed by atoms with Crippen molar-refractivity contribution in [3.05, 3.63) is 30.6 Å². The summed E-state index contributed by atoms with van der Waals surface area (Å²) in [5.41, 5.74) is 1.65. The molecular formula is C15H13FN4O4. The molecule has 9 heteroatoms. The lowest BCUT2D eigenvalue weighted by Gasteiger charge is -2.14. The number of hydrogen-bond acceptors (Lipinski definition) is 6. The zero-order valence-electron chi connectivity index (χ0n) is 12.6. The molecule has 1 N–H and O–H groups in total. The van der Waals surface area contributed by atoms with E-state index in [9.17, 15) is 9.18 Å². The summed E-state index contributed by atoms with van der Waals surface area (Å²) in [6.07, 6.45) is 1.42. The number of fused-ring (bicyclic) bond motifs is 1. The van der Waals surface area contributed by atoms with Gasteiger partial charge in [-0.3, -0.25) is 0 Å². The van der Waals surface area contributed by atoms with Gasteiger partial charge in [0.15, 0.2) is 5.58 Å². The lowest BCUT2D eigenvalue weighted by molar-refractivity contribution is 0.200. The van der Waals surface area contributed by atoms with Gasteiger partial charge in [-0.2, -0.15) is 0 Å². The number of amides is 1. The van der Waals surface area contributed by atoms with Gasteiger partial charge in [-0.15, -0.1) is 0 Å². The summed E-state index contributed by atoms with van der Waals surface area (Å²) in [4.78, 5) is 24.0. The maximum absolute atomic E-state index is 12.4. The van der Waals surface area contributed by atoms with Crippen molar-refractivity contribution >= 4 is 23.1 Å². The molecule has 0 aliphatic carbocycles. The molecule has 0 fully saturated rings. The predicted molar refractivity (Wildman–Crippen MR) is 82.9 cm³/mol. The van der Waals surface area contributed by atoms with Crippen molar-refractivity contribution in [3.63, 3.8) is 0 Å². The smallest absolute Gasteiger partial charge is 0.414 e. The fraction of sp³-hybridized carbons (Fsp3) is 0.200. The molecule has 0 saturated heterocycles. The molecule has 0 radical (unpaired) electrons. The van der Waals surface area contributed by atoms with E-state index in [0.29, 0.717) is 22.4 Å². The molecule has 8 nitrogen and oxygen atoms in total. The lowest BCUT2D eigenvalue weighted by Crippen LogP contribution is -2.32. The number of anilines is 1. The van der Waals surface area contributed by atoms with Crippen LogP contribution in [0.1, 0.15) is 0 Å². The third kappa shape index (κ3) is 2.96. The summed E-state index contributed by atoms with van der Waals surface area (Å²) in [5, 5.41) is 9.03. The van der Waals surface area contributed by atoms with Gasteiger partial charge in [-0.25, -0.2) is 29.0 Å². The van der Waals surface area contributed by atoms with Crippen LogP contribution in [0.3, 0.4) is 0 Å². The van der Waals surface area contributed by atoms with Crippen molar-refractivity contribution in [1.82, 2.24) is 15.0 Å². The Morgan fingerprint density at radius 1 is 1.38 bits per heavy atom. The average Bonchev–Trinajstić information content (AvgIpc) is 3.02. The highest BCUT2D eigenvalue weighted by molar-refractivity contribution is 5.83. The van der Waals surface area contributed by atoms with Gasteiger partial charge in [-0.05, 0) is 12.1 Å². The Hall–Kier alpha value is -3.23. The normalized spacial score (nSPS) is 10.8. The van der Waals surface area contributed by atoms with E-state index >= 15 is 0 Å². The third-order valence-electron chi connectivity index (χ3n) is 3.26. The summed E-state index contributed by atoms with van der Waals surface area (Å²) in [5.74, 6) is 0.818. The molecule has 1 aromatic carbocycles. The lowest BCUT2D eigenvalue weighted by atomic mass is 10.3. The highest BCUT2D eigenvalue weighted by atomic mass is 19.1.